The largest absolute Gasteiger partial charge is 0.497 e. The fraction of sp³-hybridized carbons (Fsp3) is 0.556. The van der Waals surface area contributed by atoms with Gasteiger partial charge in [0.1, 0.15) is 5.75 Å². The zero-order chi connectivity index (χ0) is 18.6. The lowest BCUT2D eigenvalue weighted by molar-refractivity contribution is -0.0391. The molecule has 1 N–H and O–H groups in total. The van der Waals surface area contributed by atoms with Crippen LogP contribution < -0.4 is 4.74 Å². The molecule has 7 heteroatoms. The third-order valence-electron chi connectivity index (χ3n) is 4.26. The Balaban J connectivity index is 2.26. The number of esters is 1. The van der Waals surface area contributed by atoms with Gasteiger partial charge in [0.25, 0.3) is 5.91 Å². The molecule has 1 aliphatic rings. The highest BCUT2D eigenvalue weighted by atomic mass is 16.5. The Kier molecular flexibility index (Phi) is 6.02. The van der Waals surface area contributed by atoms with Gasteiger partial charge in [-0.3, -0.25) is 4.79 Å². The van der Waals surface area contributed by atoms with Crippen LogP contribution >= 0.6 is 0 Å². The first-order valence-electron chi connectivity index (χ1n) is 8.22. The summed E-state index contributed by atoms with van der Waals surface area (Å²) in [5.41, 5.74) is -0.332. The lowest BCUT2D eigenvalue weighted by Crippen LogP contribution is -2.54. The van der Waals surface area contributed by atoms with Crippen molar-refractivity contribution in [3.63, 3.8) is 0 Å². The third-order valence-corrected chi connectivity index (χ3v) is 4.26. The van der Waals surface area contributed by atoms with Gasteiger partial charge in [0.05, 0.1) is 31.9 Å². The van der Waals surface area contributed by atoms with E-state index in [1.54, 1.807) is 11.0 Å². The lowest BCUT2D eigenvalue weighted by atomic mass is 9.92. The molecule has 7 nitrogen and oxygen atoms in total. The minimum absolute atomic E-state index is 0.235. The van der Waals surface area contributed by atoms with Gasteiger partial charge < -0.3 is 24.4 Å². The number of amides is 1. The second-order valence-electron chi connectivity index (χ2n) is 6.73. The van der Waals surface area contributed by atoms with Crippen molar-refractivity contribution >= 4 is 11.9 Å². The summed E-state index contributed by atoms with van der Waals surface area (Å²) in [5, 5.41) is 10.8. The number of rotatable bonds is 5. The molecule has 138 valence electrons. The Hall–Kier alpha value is -2.12. The number of hydrogen-bond donors (Lipinski definition) is 1. The summed E-state index contributed by atoms with van der Waals surface area (Å²) < 4.78 is 9.91. The van der Waals surface area contributed by atoms with Crippen LogP contribution in [0.5, 0.6) is 5.75 Å². The minimum atomic E-state index is -0.929. The molecule has 1 saturated heterocycles. The van der Waals surface area contributed by atoms with Crippen LogP contribution in [0.4, 0.5) is 0 Å². The average Bonchev–Trinajstić information content (AvgIpc) is 2.58. The molecule has 25 heavy (non-hydrogen) atoms. The SMILES string of the molecule is COC(=O)c1cc(OC)cc(C(=O)N2CCC[C@](O)(CN(C)C)C2)c1. The fourth-order valence-electron chi connectivity index (χ4n) is 3.26. The van der Waals surface area contributed by atoms with E-state index in [2.05, 4.69) is 0 Å². The van der Waals surface area contributed by atoms with Crippen molar-refractivity contribution in [1.29, 1.82) is 0 Å². The molecule has 1 amide bonds. The number of likely N-dealkylation sites (N-methyl/N-ethyl adjacent to an activating group) is 1. The monoisotopic (exact) mass is 350 g/mol. The van der Waals surface area contributed by atoms with Crippen LogP contribution in [0, 0.1) is 0 Å². The quantitative estimate of drug-likeness (QED) is 0.799. The maximum atomic E-state index is 12.9. The highest BCUT2D eigenvalue weighted by Crippen LogP contribution is 2.25. The van der Waals surface area contributed by atoms with Crippen molar-refractivity contribution in [3.8, 4) is 5.75 Å². The molecule has 1 atom stereocenters. The first-order valence-corrected chi connectivity index (χ1v) is 8.22. The molecule has 0 aliphatic carbocycles. The van der Waals surface area contributed by atoms with Crippen molar-refractivity contribution in [2.75, 3.05) is 47.9 Å². The summed E-state index contributed by atoms with van der Waals surface area (Å²) in [5.74, 6) is -0.358. The summed E-state index contributed by atoms with van der Waals surface area (Å²) in [6, 6.07) is 4.62. The second-order valence-corrected chi connectivity index (χ2v) is 6.73. The van der Waals surface area contributed by atoms with E-state index in [1.165, 1.54) is 26.4 Å². The van der Waals surface area contributed by atoms with Gasteiger partial charge in [0.2, 0.25) is 0 Å². The van der Waals surface area contributed by atoms with E-state index in [0.717, 1.165) is 6.42 Å². The van der Waals surface area contributed by atoms with Crippen molar-refractivity contribution < 1.29 is 24.2 Å². The van der Waals surface area contributed by atoms with E-state index in [4.69, 9.17) is 9.47 Å². The van der Waals surface area contributed by atoms with Gasteiger partial charge >= 0.3 is 5.97 Å². The highest BCUT2D eigenvalue weighted by molar-refractivity contribution is 5.98. The number of hydrogen-bond acceptors (Lipinski definition) is 6. The van der Waals surface area contributed by atoms with Crippen LogP contribution in [0.15, 0.2) is 18.2 Å². The smallest absolute Gasteiger partial charge is 0.338 e. The molecule has 0 unspecified atom stereocenters. The van der Waals surface area contributed by atoms with Gasteiger partial charge in [-0.2, -0.15) is 0 Å². The molecule has 1 heterocycles. The normalized spacial score (nSPS) is 20.5. The van der Waals surface area contributed by atoms with Crippen LogP contribution in [0.2, 0.25) is 0 Å². The van der Waals surface area contributed by atoms with Crippen LogP contribution in [-0.2, 0) is 4.74 Å². The zero-order valence-corrected chi connectivity index (χ0v) is 15.2. The van der Waals surface area contributed by atoms with Crippen LogP contribution in [0.25, 0.3) is 0 Å². The number of β-amino-alcohol motifs (C(OH)–C–C–N with tert-alkyl or cyclic N) is 1. The molecular weight excluding hydrogens is 324 g/mol. The number of nitrogens with zero attached hydrogens (tertiary/aromatic N) is 2. The number of benzene rings is 1. The molecule has 2 rings (SSSR count). The molecule has 1 aromatic carbocycles. The topological polar surface area (TPSA) is 79.3 Å². The molecule has 1 aromatic rings. The number of carbonyl (C=O) groups excluding carboxylic acids is 2. The summed E-state index contributed by atoms with van der Waals surface area (Å²) in [6.45, 7) is 1.32. The lowest BCUT2D eigenvalue weighted by Gasteiger charge is -2.40. The Morgan fingerprint density at radius 2 is 1.92 bits per heavy atom. The summed E-state index contributed by atoms with van der Waals surface area (Å²) in [4.78, 5) is 28.2. The standard InChI is InChI=1S/C18H26N2O5/c1-19(2)11-18(23)6-5-7-20(12-18)16(21)13-8-14(17(22)25-4)10-15(9-13)24-3/h8-10,23H,5-7,11-12H2,1-4H3/t18-/m0/s1. The predicted octanol–water partition coefficient (Wildman–Crippen LogP) is 1.01. The highest BCUT2D eigenvalue weighted by Gasteiger charge is 2.36. The van der Waals surface area contributed by atoms with Crippen LogP contribution in [0.3, 0.4) is 0 Å². The van der Waals surface area contributed by atoms with E-state index < -0.39 is 11.6 Å². The van der Waals surface area contributed by atoms with E-state index in [0.29, 0.717) is 30.8 Å². The third kappa shape index (κ3) is 4.70. The van der Waals surface area contributed by atoms with Crippen molar-refractivity contribution in [3.05, 3.63) is 29.3 Å². The number of methoxy groups -OCH3 is 2. The maximum absolute atomic E-state index is 12.9. The van der Waals surface area contributed by atoms with E-state index in [1.807, 2.05) is 19.0 Å². The molecule has 1 aliphatic heterocycles. The minimum Gasteiger partial charge on any atom is -0.497 e. The average molecular weight is 350 g/mol. The molecule has 1 fully saturated rings. The molecule has 0 saturated carbocycles. The number of aliphatic hydroxyl groups is 1. The molecule has 0 bridgehead atoms. The Bertz CT molecular complexity index is 646. The van der Waals surface area contributed by atoms with Crippen molar-refractivity contribution in [2.24, 2.45) is 0 Å². The van der Waals surface area contributed by atoms with Crippen molar-refractivity contribution in [1.82, 2.24) is 9.80 Å². The zero-order valence-electron chi connectivity index (χ0n) is 15.2. The Morgan fingerprint density at radius 1 is 1.24 bits per heavy atom. The molecule has 0 aromatic heterocycles. The van der Waals surface area contributed by atoms with Gasteiger partial charge in [-0.05, 0) is 45.1 Å². The van der Waals surface area contributed by atoms with Gasteiger partial charge in [0.15, 0.2) is 0 Å². The first kappa shape index (κ1) is 19.2. The van der Waals surface area contributed by atoms with Gasteiger partial charge in [0, 0.05) is 18.7 Å². The maximum Gasteiger partial charge on any atom is 0.338 e. The first-order chi connectivity index (χ1) is 11.8. The van der Waals surface area contributed by atoms with E-state index in [9.17, 15) is 14.7 Å². The fourth-order valence-corrected chi connectivity index (χ4v) is 3.26. The van der Waals surface area contributed by atoms with Gasteiger partial charge in [-0.25, -0.2) is 4.79 Å². The van der Waals surface area contributed by atoms with Gasteiger partial charge in [-0.15, -0.1) is 0 Å². The Morgan fingerprint density at radius 3 is 2.52 bits per heavy atom. The summed E-state index contributed by atoms with van der Waals surface area (Å²) in [6.07, 6.45) is 1.38. The van der Waals surface area contributed by atoms with Gasteiger partial charge in [-0.1, -0.05) is 0 Å². The predicted molar refractivity (Wildman–Crippen MR) is 93.0 cm³/mol. The van der Waals surface area contributed by atoms with Crippen LogP contribution in [-0.4, -0.2) is 80.3 Å². The summed E-state index contributed by atoms with van der Waals surface area (Å²) >= 11 is 0. The molecular formula is C18H26N2O5. The number of ether oxygens (including phenoxy) is 2. The van der Waals surface area contributed by atoms with E-state index >= 15 is 0 Å². The number of likely N-dealkylation sites (tertiary alicyclic amines) is 1. The number of carbonyl (C=O) groups is 2. The molecule has 0 spiro atoms. The van der Waals surface area contributed by atoms with E-state index in [-0.39, 0.29) is 18.0 Å². The molecule has 0 radical (unpaired) electrons. The van der Waals surface area contributed by atoms with Crippen LogP contribution in [0.1, 0.15) is 33.6 Å². The second kappa shape index (κ2) is 7.84. The summed E-state index contributed by atoms with van der Waals surface area (Å²) in [7, 11) is 6.55. The number of piperidine rings is 1. The van der Waals surface area contributed by atoms with Crippen molar-refractivity contribution in [2.45, 2.75) is 18.4 Å². The Labute approximate surface area is 148 Å².